The molecule has 0 saturated carbocycles. The van der Waals surface area contributed by atoms with Crippen LogP contribution in [-0.4, -0.2) is 32.6 Å². The lowest BCUT2D eigenvalue weighted by atomic mass is 9.98. The minimum atomic E-state index is -0.139. The standard InChI is InChI=1S/C17H24N4O3/c1-5-15-18-16(20-24-15)14-7-6-8-21(14)17(22)10(2)9-13-11(3)19-23-12(13)4/h10,14H,5-9H2,1-4H3/t10-,14+/m0/s1. The monoisotopic (exact) mass is 332 g/mol. The molecule has 0 spiro atoms. The molecule has 3 heterocycles. The number of hydrogen-bond donors (Lipinski definition) is 0. The summed E-state index contributed by atoms with van der Waals surface area (Å²) in [6, 6.07) is -0.0753. The largest absolute Gasteiger partial charge is 0.361 e. The van der Waals surface area contributed by atoms with Gasteiger partial charge in [-0.15, -0.1) is 0 Å². The molecule has 1 aliphatic heterocycles. The number of carbonyl (C=O) groups is 1. The molecule has 0 radical (unpaired) electrons. The van der Waals surface area contributed by atoms with Gasteiger partial charge in [0.05, 0.1) is 11.7 Å². The third kappa shape index (κ3) is 3.07. The van der Waals surface area contributed by atoms with Gasteiger partial charge >= 0.3 is 0 Å². The second-order valence-corrected chi connectivity index (χ2v) is 6.50. The van der Waals surface area contributed by atoms with Crippen LogP contribution in [0.15, 0.2) is 9.05 Å². The van der Waals surface area contributed by atoms with Crippen molar-refractivity contribution in [3.63, 3.8) is 0 Å². The fourth-order valence-electron chi connectivity index (χ4n) is 3.32. The van der Waals surface area contributed by atoms with Crippen LogP contribution >= 0.6 is 0 Å². The van der Waals surface area contributed by atoms with Crippen molar-refractivity contribution >= 4 is 5.91 Å². The SMILES string of the molecule is CCc1nc([C@H]2CCCN2C(=O)[C@@H](C)Cc2c(C)noc2C)no1. The third-order valence-corrected chi connectivity index (χ3v) is 4.73. The van der Waals surface area contributed by atoms with Gasteiger partial charge in [-0.2, -0.15) is 4.98 Å². The van der Waals surface area contributed by atoms with E-state index in [-0.39, 0.29) is 17.9 Å². The Balaban J connectivity index is 1.73. The Morgan fingerprint density at radius 2 is 2.12 bits per heavy atom. The highest BCUT2D eigenvalue weighted by Crippen LogP contribution is 2.32. The zero-order valence-electron chi connectivity index (χ0n) is 14.7. The van der Waals surface area contributed by atoms with Crippen LogP contribution in [0.4, 0.5) is 0 Å². The van der Waals surface area contributed by atoms with E-state index < -0.39 is 0 Å². The Hall–Kier alpha value is -2.18. The zero-order chi connectivity index (χ0) is 17.3. The first kappa shape index (κ1) is 16.7. The van der Waals surface area contributed by atoms with Crippen LogP contribution in [0.1, 0.15) is 61.5 Å². The average molecular weight is 332 g/mol. The molecule has 0 N–H and O–H groups in total. The van der Waals surface area contributed by atoms with Crippen LogP contribution in [0, 0.1) is 19.8 Å². The van der Waals surface area contributed by atoms with E-state index in [2.05, 4.69) is 15.3 Å². The van der Waals surface area contributed by atoms with Gasteiger partial charge in [-0.3, -0.25) is 4.79 Å². The molecule has 0 aliphatic carbocycles. The first-order valence-electron chi connectivity index (χ1n) is 8.56. The van der Waals surface area contributed by atoms with Crippen molar-refractivity contribution in [1.29, 1.82) is 0 Å². The fraction of sp³-hybridized carbons (Fsp3) is 0.647. The Labute approximate surface area is 141 Å². The molecule has 0 aromatic carbocycles. The first-order chi connectivity index (χ1) is 11.5. The average Bonchev–Trinajstić information content (AvgIpc) is 3.29. The van der Waals surface area contributed by atoms with E-state index in [0.29, 0.717) is 24.6 Å². The molecule has 1 amide bonds. The van der Waals surface area contributed by atoms with Crippen LogP contribution in [-0.2, 0) is 17.6 Å². The summed E-state index contributed by atoms with van der Waals surface area (Å²) in [4.78, 5) is 19.2. The van der Waals surface area contributed by atoms with Gasteiger partial charge in [0.25, 0.3) is 0 Å². The number of likely N-dealkylation sites (tertiary alicyclic amines) is 1. The molecular weight excluding hydrogens is 308 g/mol. The molecule has 0 bridgehead atoms. The highest BCUT2D eigenvalue weighted by atomic mass is 16.5. The van der Waals surface area contributed by atoms with Crippen molar-refractivity contribution in [2.45, 2.75) is 59.4 Å². The molecule has 1 saturated heterocycles. The van der Waals surface area contributed by atoms with E-state index in [1.54, 1.807) is 0 Å². The maximum Gasteiger partial charge on any atom is 0.226 e. The minimum Gasteiger partial charge on any atom is -0.361 e. The predicted molar refractivity (Wildman–Crippen MR) is 86.2 cm³/mol. The molecule has 2 aromatic heterocycles. The van der Waals surface area contributed by atoms with Gasteiger partial charge in [0, 0.05) is 24.4 Å². The number of carbonyl (C=O) groups excluding carboxylic acids is 1. The van der Waals surface area contributed by atoms with E-state index in [1.807, 2.05) is 32.6 Å². The predicted octanol–water partition coefficient (Wildman–Crippen LogP) is 2.78. The minimum absolute atomic E-state index is 0.0753. The molecule has 3 rings (SSSR count). The van der Waals surface area contributed by atoms with Gasteiger partial charge in [0.2, 0.25) is 11.8 Å². The fourth-order valence-corrected chi connectivity index (χ4v) is 3.32. The molecule has 1 aliphatic rings. The maximum absolute atomic E-state index is 12.9. The van der Waals surface area contributed by atoms with Crippen molar-refractivity contribution in [3.8, 4) is 0 Å². The van der Waals surface area contributed by atoms with Crippen molar-refractivity contribution in [3.05, 3.63) is 28.7 Å². The Morgan fingerprint density at radius 1 is 1.33 bits per heavy atom. The highest BCUT2D eigenvalue weighted by Gasteiger charge is 2.35. The molecule has 130 valence electrons. The zero-order valence-corrected chi connectivity index (χ0v) is 14.7. The van der Waals surface area contributed by atoms with Crippen molar-refractivity contribution in [1.82, 2.24) is 20.2 Å². The summed E-state index contributed by atoms with van der Waals surface area (Å²) in [6.07, 6.45) is 3.18. The van der Waals surface area contributed by atoms with E-state index in [0.717, 1.165) is 36.4 Å². The maximum atomic E-state index is 12.9. The second-order valence-electron chi connectivity index (χ2n) is 6.50. The topological polar surface area (TPSA) is 85.3 Å². The number of amides is 1. The van der Waals surface area contributed by atoms with Crippen molar-refractivity contribution in [2.75, 3.05) is 6.54 Å². The number of aryl methyl sites for hydroxylation is 3. The second kappa shape index (κ2) is 6.75. The normalized spacial score (nSPS) is 19.0. The molecule has 0 unspecified atom stereocenters. The van der Waals surface area contributed by atoms with Gasteiger partial charge in [-0.05, 0) is 33.1 Å². The summed E-state index contributed by atoms with van der Waals surface area (Å²) in [5.74, 6) is 2.02. The third-order valence-electron chi connectivity index (χ3n) is 4.73. The van der Waals surface area contributed by atoms with Gasteiger partial charge in [-0.1, -0.05) is 24.2 Å². The van der Waals surface area contributed by atoms with Crippen LogP contribution in [0.2, 0.25) is 0 Å². The number of nitrogens with zero attached hydrogens (tertiary/aromatic N) is 4. The molecule has 7 heteroatoms. The molecule has 24 heavy (non-hydrogen) atoms. The summed E-state index contributed by atoms with van der Waals surface area (Å²) in [7, 11) is 0. The Bertz CT molecular complexity index is 702. The highest BCUT2D eigenvalue weighted by molar-refractivity contribution is 5.79. The van der Waals surface area contributed by atoms with E-state index >= 15 is 0 Å². The smallest absolute Gasteiger partial charge is 0.226 e. The van der Waals surface area contributed by atoms with Crippen molar-refractivity contribution < 1.29 is 13.8 Å². The van der Waals surface area contributed by atoms with E-state index in [4.69, 9.17) is 9.05 Å². The number of aromatic nitrogens is 3. The molecule has 2 atom stereocenters. The quantitative estimate of drug-likeness (QED) is 0.837. The lowest BCUT2D eigenvalue weighted by Gasteiger charge is -2.25. The van der Waals surface area contributed by atoms with Gasteiger partial charge in [0.1, 0.15) is 5.76 Å². The summed E-state index contributed by atoms with van der Waals surface area (Å²) in [5.41, 5.74) is 1.88. The molecule has 1 fully saturated rings. The first-order valence-corrected chi connectivity index (χ1v) is 8.56. The Kier molecular flexibility index (Phi) is 4.69. The lowest BCUT2D eigenvalue weighted by Crippen LogP contribution is -2.36. The molecule has 7 nitrogen and oxygen atoms in total. The molecule has 2 aromatic rings. The van der Waals surface area contributed by atoms with E-state index in [1.165, 1.54) is 0 Å². The van der Waals surface area contributed by atoms with E-state index in [9.17, 15) is 4.79 Å². The van der Waals surface area contributed by atoms with Crippen LogP contribution in [0.25, 0.3) is 0 Å². The molecular formula is C17H24N4O3. The Morgan fingerprint density at radius 3 is 2.75 bits per heavy atom. The number of rotatable bonds is 5. The summed E-state index contributed by atoms with van der Waals surface area (Å²) < 4.78 is 10.4. The van der Waals surface area contributed by atoms with Crippen LogP contribution in [0.5, 0.6) is 0 Å². The summed E-state index contributed by atoms with van der Waals surface area (Å²) >= 11 is 0. The summed E-state index contributed by atoms with van der Waals surface area (Å²) in [5, 5.41) is 8.03. The van der Waals surface area contributed by atoms with Crippen LogP contribution < -0.4 is 0 Å². The van der Waals surface area contributed by atoms with Gasteiger partial charge in [0.15, 0.2) is 5.82 Å². The van der Waals surface area contributed by atoms with Gasteiger partial charge < -0.3 is 13.9 Å². The summed E-state index contributed by atoms with van der Waals surface area (Å²) in [6.45, 7) is 8.47. The number of hydrogen-bond acceptors (Lipinski definition) is 6. The lowest BCUT2D eigenvalue weighted by molar-refractivity contribution is -0.136. The van der Waals surface area contributed by atoms with Gasteiger partial charge in [-0.25, -0.2) is 0 Å². The van der Waals surface area contributed by atoms with Crippen LogP contribution in [0.3, 0.4) is 0 Å². The van der Waals surface area contributed by atoms with Crippen molar-refractivity contribution in [2.24, 2.45) is 5.92 Å².